The van der Waals surface area contributed by atoms with Gasteiger partial charge in [-0.05, 0) is 35.2 Å². The van der Waals surface area contributed by atoms with Gasteiger partial charge in [0.15, 0.2) is 17.9 Å². The van der Waals surface area contributed by atoms with Crippen molar-refractivity contribution >= 4 is 6.03 Å². The molecule has 4 rings (SSSR count). The molecule has 1 aliphatic rings. The van der Waals surface area contributed by atoms with Gasteiger partial charge in [-0.3, -0.25) is 0 Å². The van der Waals surface area contributed by atoms with Gasteiger partial charge in [-0.15, -0.1) is 0 Å². The molecule has 1 N–H and O–H groups in total. The molecule has 0 fully saturated rings. The Labute approximate surface area is 169 Å². The standard InChI is InChI=1S/C22H23N3O4/c1-27-19-10-16-8-9-25(22(26)23-12-17-13-29-14-24-17)21(15-6-4-3-5-7-15)18(16)11-20(19)28-2/h3-7,10-11,13-14,21H,8-9,12H2,1-2H3,(H,23,26). The molecule has 2 aromatic carbocycles. The number of ether oxygens (including phenoxy) is 2. The van der Waals surface area contributed by atoms with E-state index in [0.29, 0.717) is 30.3 Å². The maximum Gasteiger partial charge on any atom is 0.318 e. The van der Waals surface area contributed by atoms with Crippen LogP contribution in [-0.2, 0) is 13.0 Å². The van der Waals surface area contributed by atoms with Gasteiger partial charge in [-0.2, -0.15) is 0 Å². The second kappa shape index (κ2) is 8.26. The van der Waals surface area contributed by atoms with Crippen LogP contribution in [0.4, 0.5) is 4.79 Å². The zero-order valence-electron chi connectivity index (χ0n) is 16.4. The topological polar surface area (TPSA) is 76.8 Å². The smallest absolute Gasteiger partial charge is 0.318 e. The van der Waals surface area contributed by atoms with E-state index in [-0.39, 0.29) is 12.1 Å². The number of amides is 2. The molecule has 1 unspecified atom stereocenters. The highest BCUT2D eigenvalue weighted by Gasteiger charge is 2.33. The summed E-state index contributed by atoms with van der Waals surface area (Å²) in [5.74, 6) is 1.35. The summed E-state index contributed by atoms with van der Waals surface area (Å²) in [6, 6.07) is 13.6. The van der Waals surface area contributed by atoms with Crippen LogP contribution in [0, 0.1) is 0 Å². The van der Waals surface area contributed by atoms with Gasteiger partial charge in [0.25, 0.3) is 0 Å². The third-order valence-electron chi connectivity index (χ3n) is 5.15. The molecule has 2 amide bonds. The van der Waals surface area contributed by atoms with Crippen molar-refractivity contribution in [2.24, 2.45) is 0 Å². The van der Waals surface area contributed by atoms with Gasteiger partial charge in [-0.1, -0.05) is 30.3 Å². The minimum Gasteiger partial charge on any atom is -0.493 e. The zero-order chi connectivity index (χ0) is 20.2. The van der Waals surface area contributed by atoms with Gasteiger partial charge in [0, 0.05) is 6.54 Å². The number of benzene rings is 2. The van der Waals surface area contributed by atoms with Crippen molar-refractivity contribution < 1.29 is 18.7 Å². The Hall–Kier alpha value is -3.48. The number of carbonyl (C=O) groups excluding carboxylic acids is 1. The number of fused-ring (bicyclic) bond motifs is 1. The van der Waals surface area contributed by atoms with Crippen LogP contribution in [0.5, 0.6) is 11.5 Å². The molecular formula is C22H23N3O4. The fourth-order valence-electron chi connectivity index (χ4n) is 3.75. The molecule has 1 aliphatic heterocycles. The van der Waals surface area contributed by atoms with Gasteiger partial charge in [-0.25, -0.2) is 9.78 Å². The number of nitrogens with zero attached hydrogens (tertiary/aromatic N) is 2. The third kappa shape index (κ3) is 3.76. The van der Waals surface area contributed by atoms with Crippen LogP contribution in [0.3, 0.4) is 0 Å². The molecule has 2 heterocycles. The van der Waals surface area contributed by atoms with Crippen molar-refractivity contribution in [1.82, 2.24) is 15.2 Å². The molecule has 0 radical (unpaired) electrons. The second-order valence-corrected chi connectivity index (χ2v) is 6.80. The van der Waals surface area contributed by atoms with Crippen molar-refractivity contribution in [3.63, 3.8) is 0 Å². The normalized spacial score (nSPS) is 15.5. The van der Waals surface area contributed by atoms with Gasteiger partial charge in [0.2, 0.25) is 0 Å². The van der Waals surface area contributed by atoms with Crippen LogP contribution in [0.15, 0.2) is 59.5 Å². The lowest BCUT2D eigenvalue weighted by Crippen LogP contribution is -2.45. The van der Waals surface area contributed by atoms with Crippen LogP contribution in [0.1, 0.15) is 28.4 Å². The highest BCUT2D eigenvalue weighted by atomic mass is 16.5. The van der Waals surface area contributed by atoms with E-state index in [1.165, 1.54) is 12.7 Å². The Morgan fingerprint density at radius 3 is 2.66 bits per heavy atom. The Morgan fingerprint density at radius 1 is 1.21 bits per heavy atom. The lowest BCUT2D eigenvalue weighted by molar-refractivity contribution is 0.179. The number of carbonyl (C=O) groups is 1. The fourth-order valence-corrected chi connectivity index (χ4v) is 3.75. The summed E-state index contributed by atoms with van der Waals surface area (Å²) in [6.07, 6.45) is 3.61. The van der Waals surface area contributed by atoms with Crippen LogP contribution in [-0.4, -0.2) is 36.7 Å². The molecule has 7 nitrogen and oxygen atoms in total. The van der Waals surface area contributed by atoms with Crippen LogP contribution in [0.2, 0.25) is 0 Å². The first-order chi connectivity index (χ1) is 14.2. The van der Waals surface area contributed by atoms with Crippen molar-refractivity contribution in [3.05, 3.63) is 77.5 Å². The Morgan fingerprint density at radius 2 is 1.97 bits per heavy atom. The molecule has 1 aromatic heterocycles. The lowest BCUT2D eigenvalue weighted by atomic mass is 9.88. The SMILES string of the molecule is COc1cc2c(cc1OC)C(c1ccccc1)N(C(=O)NCc1cocn1)CC2. The summed E-state index contributed by atoms with van der Waals surface area (Å²) < 4.78 is 16.0. The van der Waals surface area contributed by atoms with Crippen molar-refractivity contribution in [2.75, 3.05) is 20.8 Å². The average molecular weight is 393 g/mol. The van der Waals surface area contributed by atoms with Crippen LogP contribution >= 0.6 is 0 Å². The second-order valence-electron chi connectivity index (χ2n) is 6.80. The van der Waals surface area contributed by atoms with E-state index in [2.05, 4.69) is 10.3 Å². The molecule has 0 spiro atoms. The maximum atomic E-state index is 13.1. The van der Waals surface area contributed by atoms with E-state index >= 15 is 0 Å². The molecule has 1 atom stereocenters. The number of methoxy groups -OCH3 is 2. The molecule has 0 aliphatic carbocycles. The van der Waals surface area contributed by atoms with E-state index in [1.807, 2.05) is 47.4 Å². The minimum absolute atomic E-state index is 0.151. The molecule has 7 heteroatoms. The van der Waals surface area contributed by atoms with Gasteiger partial charge in [0.05, 0.1) is 32.5 Å². The zero-order valence-corrected chi connectivity index (χ0v) is 16.4. The number of hydrogen-bond donors (Lipinski definition) is 1. The van der Waals surface area contributed by atoms with E-state index in [9.17, 15) is 4.79 Å². The first-order valence-corrected chi connectivity index (χ1v) is 9.42. The summed E-state index contributed by atoms with van der Waals surface area (Å²) in [6.45, 7) is 0.902. The maximum absolute atomic E-state index is 13.1. The minimum atomic E-state index is -0.225. The van der Waals surface area contributed by atoms with Crippen molar-refractivity contribution in [2.45, 2.75) is 19.0 Å². The van der Waals surface area contributed by atoms with E-state index in [1.54, 1.807) is 14.2 Å². The number of hydrogen-bond acceptors (Lipinski definition) is 5. The predicted octanol–water partition coefficient (Wildman–Crippen LogP) is 3.55. The van der Waals surface area contributed by atoms with Gasteiger partial charge < -0.3 is 24.1 Å². The Bertz CT molecular complexity index is 973. The molecule has 0 saturated carbocycles. The molecular weight excluding hydrogens is 370 g/mol. The Balaban J connectivity index is 1.70. The third-order valence-corrected chi connectivity index (χ3v) is 5.15. The van der Waals surface area contributed by atoms with Crippen molar-refractivity contribution in [3.8, 4) is 11.5 Å². The molecule has 29 heavy (non-hydrogen) atoms. The average Bonchev–Trinajstić information content (AvgIpc) is 3.30. The summed E-state index contributed by atoms with van der Waals surface area (Å²) >= 11 is 0. The summed E-state index contributed by atoms with van der Waals surface area (Å²) in [5, 5.41) is 2.95. The van der Waals surface area contributed by atoms with Crippen LogP contribution in [0.25, 0.3) is 0 Å². The number of urea groups is 1. The predicted molar refractivity (Wildman–Crippen MR) is 107 cm³/mol. The highest BCUT2D eigenvalue weighted by Crippen LogP contribution is 2.40. The molecule has 150 valence electrons. The van der Waals surface area contributed by atoms with E-state index < -0.39 is 0 Å². The first-order valence-electron chi connectivity index (χ1n) is 9.42. The first kappa shape index (κ1) is 18.9. The number of oxazole rings is 1. The van der Waals surface area contributed by atoms with Crippen molar-refractivity contribution in [1.29, 1.82) is 0 Å². The quantitative estimate of drug-likeness (QED) is 0.717. The highest BCUT2D eigenvalue weighted by molar-refractivity contribution is 5.76. The molecule has 0 bridgehead atoms. The Kier molecular flexibility index (Phi) is 5.37. The molecule has 3 aromatic rings. The van der Waals surface area contributed by atoms with E-state index in [0.717, 1.165) is 23.1 Å². The van der Waals surface area contributed by atoms with E-state index in [4.69, 9.17) is 13.9 Å². The van der Waals surface area contributed by atoms with Gasteiger partial charge >= 0.3 is 6.03 Å². The summed E-state index contributed by atoms with van der Waals surface area (Å²) in [4.78, 5) is 19.0. The largest absolute Gasteiger partial charge is 0.493 e. The number of nitrogens with one attached hydrogen (secondary N) is 1. The summed E-state index contributed by atoms with van der Waals surface area (Å²) in [5.41, 5.74) is 3.91. The summed E-state index contributed by atoms with van der Waals surface area (Å²) in [7, 11) is 3.25. The fraction of sp³-hybridized carbons (Fsp3) is 0.273. The lowest BCUT2D eigenvalue weighted by Gasteiger charge is -2.38. The van der Waals surface area contributed by atoms with Gasteiger partial charge in [0.1, 0.15) is 6.26 Å². The molecule has 0 saturated heterocycles. The van der Waals surface area contributed by atoms with Crippen LogP contribution < -0.4 is 14.8 Å². The number of aromatic nitrogens is 1. The number of rotatable bonds is 5. The monoisotopic (exact) mass is 393 g/mol.